The van der Waals surface area contributed by atoms with Crippen LogP contribution in [0.4, 0.5) is 8.78 Å². The Bertz CT molecular complexity index is 793. The summed E-state index contributed by atoms with van der Waals surface area (Å²) < 4.78 is 36.7. The molecule has 0 aliphatic heterocycles. The zero-order chi connectivity index (χ0) is 15.7. The predicted octanol–water partition coefficient (Wildman–Crippen LogP) is 3.40. The van der Waals surface area contributed by atoms with Crippen molar-refractivity contribution in [1.82, 2.24) is 10.1 Å². The second-order valence-corrected chi connectivity index (χ2v) is 4.44. The van der Waals surface area contributed by atoms with Gasteiger partial charge in [0.25, 0.3) is 5.89 Å². The summed E-state index contributed by atoms with van der Waals surface area (Å²) in [6.45, 7) is 0. The van der Waals surface area contributed by atoms with E-state index in [1.165, 1.54) is 0 Å². The molecule has 0 fully saturated rings. The Morgan fingerprint density at radius 1 is 1.05 bits per heavy atom. The molecule has 0 aliphatic carbocycles. The minimum Gasteiger partial charge on any atom is -0.503 e. The first kappa shape index (κ1) is 14.0. The molecule has 0 unspecified atom stereocenters. The van der Waals surface area contributed by atoms with Crippen molar-refractivity contribution < 1.29 is 23.1 Å². The van der Waals surface area contributed by atoms with Crippen molar-refractivity contribution in [3.63, 3.8) is 0 Å². The van der Waals surface area contributed by atoms with E-state index in [0.717, 1.165) is 12.1 Å². The Morgan fingerprint density at radius 3 is 2.27 bits per heavy atom. The summed E-state index contributed by atoms with van der Waals surface area (Å²) in [4.78, 5) is 4.08. The van der Waals surface area contributed by atoms with Crippen molar-refractivity contribution in [2.45, 2.75) is 0 Å². The van der Waals surface area contributed by atoms with Crippen LogP contribution in [0, 0.1) is 11.6 Å². The molecule has 0 bridgehead atoms. The maximum absolute atomic E-state index is 13.3. The third-order valence-electron chi connectivity index (χ3n) is 3.04. The highest BCUT2D eigenvalue weighted by Gasteiger charge is 2.16. The van der Waals surface area contributed by atoms with Gasteiger partial charge in [-0.25, -0.2) is 8.78 Å². The minimum absolute atomic E-state index is 0.0417. The van der Waals surface area contributed by atoms with Gasteiger partial charge in [0.15, 0.2) is 17.4 Å². The molecule has 0 saturated heterocycles. The number of methoxy groups -OCH3 is 1. The number of rotatable bonds is 3. The third kappa shape index (κ3) is 2.48. The molecule has 5 nitrogen and oxygen atoms in total. The maximum atomic E-state index is 13.3. The molecule has 22 heavy (non-hydrogen) atoms. The van der Waals surface area contributed by atoms with Gasteiger partial charge in [0.2, 0.25) is 5.82 Å². The first-order chi connectivity index (χ1) is 10.6. The normalized spacial score (nSPS) is 10.7. The van der Waals surface area contributed by atoms with E-state index in [2.05, 4.69) is 10.1 Å². The zero-order valence-corrected chi connectivity index (χ0v) is 11.4. The lowest BCUT2D eigenvalue weighted by Gasteiger charge is -2.00. The first-order valence-corrected chi connectivity index (χ1v) is 6.25. The number of phenols is 1. The average molecular weight is 304 g/mol. The highest BCUT2D eigenvalue weighted by atomic mass is 19.1. The molecule has 1 N–H and O–H groups in total. The highest BCUT2D eigenvalue weighted by molar-refractivity contribution is 5.61. The molecule has 0 radical (unpaired) electrons. The summed E-state index contributed by atoms with van der Waals surface area (Å²) in [5, 5.41) is 12.8. The molecule has 3 aromatic rings. The van der Waals surface area contributed by atoms with Crippen LogP contribution in [0.2, 0.25) is 0 Å². The molecular formula is C15H10F2N2O3. The van der Waals surface area contributed by atoms with E-state index in [4.69, 9.17) is 14.4 Å². The lowest BCUT2D eigenvalue weighted by molar-refractivity contribution is 0.395. The van der Waals surface area contributed by atoms with Gasteiger partial charge < -0.3 is 14.4 Å². The van der Waals surface area contributed by atoms with Crippen LogP contribution in [0.1, 0.15) is 0 Å². The predicted molar refractivity (Wildman–Crippen MR) is 73.3 cm³/mol. The zero-order valence-electron chi connectivity index (χ0n) is 11.4. The lowest BCUT2D eigenvalue weighted by Crippen LogP contribution is -1.87. The van der Waals surface area contributed by atoms with E-state index in [1.807, 2.05) is 0 Å². The molecule has 0 spiro atoms. The summed E-state index contributed by atoms with van der Waals surface area (Å²) >= 11 is 0. The SMILES string of the molecule is COc1ccc(-c2noc(-c3cc(F)c(O)c(F)c3)n2)cc1. The van der Waals surface area contributed by atoms with Crippen LogP contribution < -0.4 is 4.74 Å². The van der Waals surface area contributed by atoms with E-state index in [9.17, 15) is 8.78 Å². The fourth-order valence-corrected chi connectivity index (χ4v) is 1.89. The van der Waals surface area contributed by atoms with Crippen molar-refractivity contribution >= 4 is 0 Å². The van der Waals surface area contributed by atoms with Gasteiger partial charge in [-0.15, -0.1) is 0 Å². The van der Waals surface area contributed by atoms with Crippen LogP contribution >= 0.6 is 0 Å². The van der Waals surface area contributed by atoms with Crippen LogP contribution in [0.3, 0.4) is 0 Å². The molecule has 1 aromatic heterocycles. The summed E-state index contributed by atoms with van der Waals surface area (Å²) in [7, 11) is 1.55. The quantitative estimate of drug-likeness (QED) is 0.803. The van der Waals surface area contributed by atoms with Crippen LogP contribution in [-0.2, 0) is 0 Å². The summed E-state index contributed by atoms with van der Waals surface area (Å²) in [5.74, 6) is -2.35. The van der Waals surface area contributed by atoms with Crippen LogP contribution in [-0.4, -0.2) is 22.4 Å². The summed E-state index contributed by atoms with van der Waals surface area (Å²) in [6, 6.07) is 8.75. The van der Waals surface area contributed by atoms with E-state index in [1.54, 1.807) is 31.4 Å². The monoisotopic (exact) mass is 304 g/mol. The Hall–Kier alpha value is -2.96. The topological polar surface area (TPSA) is 68.4 Å². The van der Waals surface area contributed by atoms with Crippen LogP contribution in [0.25, 0.3) is 22.8 Å². The number of hydrogen-bond donors (Lipinski definition) is 1. The standard InChI is InChI=1S/C15H10F2N2O3/c1-21-10-4-2-8(3-5-10)14-18-15(22-19-14)9-6-11(16)13(20)12(17)7-9/h2-7,20H,1H3. The number of aromatic hydroxyl groups is 1. The fraction of sp³-hybridized carbons (Fsp3) is 0.0667. The number of ether oxygens (including phenoxy) is 1. The number of benzene rings is 2. The molecule has 112 valence electrons. The van der Waals surface area contributed by atoms with Gasteiger partial charge >= 0.3 is 0 Å². The van der Waals surface area contributed by atoms with Gasteiger partial charge in [-0.1, -0.05) is 5.16 Å². The van der Waals surface area contributed by atoms with Crippen molar-refractivity contribution in [3.8, 4) is 34.3 Å². The third-order valence-corrected chi connectivity index (χ3v) is 3.04. The molecular weight excluding hydrogens is 294 g/mol. The number of nitrogens with zero attached hydrogens (tertiary/aromatic N) is 2. The van der Waals surface area contributed by atoms with Crippen LogP contribution in [0.15, 0.2) is 40.9 Å². The molecule has 0 aliphatic rings. The van der Waals surface area contributed by atoms with Crippen molar-refractivity contribution in [2.75, 3.05) is 7.11 Å². The van der Waals surface area contributed by atoms with Gasteiger partial charge in [-0.05, 0) is 36.4 Å². The molecule has 0 atom stereocenters. The molecule has 2 aromatic carbocycles. The Morgan fingerprint density at radius 2 is 1.68 bits per heavy atom. The van der Waals surface area contributed by atoms with Crippen LogP contribution in [0.5, 0.6) is 11.5 Å². The fourth-order valence-electron chi connectivity index (χ4n) is 1.89. The molecule has 7 heteroatoms. The van der Waals surface area contributed by atoms with Crippen molar-refractivity contribution in [1.29, 1.82) is 0 Å². The molecule has 3 rings (SSSR count). The second kappa shape index (κ2) is 5.44. The Balaban J connectivity index is 1.96. The van der Waals surface area contributed by atoms with E-state index in [0.29, 0.717) is 11.3 Å². The van der Waals surface area contributed by atoms with Crippen molar-refractivity contribution in [2.24, 2.45) is 0 Å². The number of halogens is 2. The van der Waals surface area contributed by atoms with E-state index in [-0.39, 0.29) is 17.3 Å². The van der Waals surface area contributed by atoms with Gasteiger partial charge in [0.05, 0.1) is 7.11 Å². The summed E-state index contributed by atoms with van der Waals surface area (Å²) in [5.41, 5.74) is 0.704. The number of hydrogen-bond acceptors (Lipinski definition) is 5. The smallest absolute Gasteiger partial charge is 0.258 e. The van der Waals surface area contributed by atoms with Crippen molar-refractivity contribution in [3.05, 3.63) is 48.0 Å². The number of phenolic OH excluding ortho intramolecular Hbond substituents is 1. The van der Waals surface area contributed by atoms with Gasteiger partial charge in [0, 0.05) is 11.1 Å². The maximum Gasteiger partial charge on any atom is 0.258 e. The number of aromatic nitrogens is 2. The van der Waals surface area contributed by atoms with Gasteiger partial charge in [-0.3, -0.25) is 0 Å². The molecule has 0 saturated carbocycles. The molecule has 0 amide bonds. The van der Waals surface area contributed by atoms with Gasteiger partial charge in [-0.2, -0.15) is 4.98 Å². The minimum atomic E-state index is -1.10. The average Bonchev–Trinajstić information content (AvgIpc) is 3.02. The van der Waals surface area contributed by atoms with E-state index < -0.39 is 17.4 Å². The molecule has 1 heterocycles. The van der Waals surface area contributed by atoms with E-state index >= 15 is 0 Å². The lowest BCUT2D eigenvalue weighted by atomic mass is 10.2. The van der Waals surface area contributed by atoms with Gasteiger partial charge in [0.1, 0.15) is 5.75 Å². The first-order valence-electron chi connectivity index (χ1n) is 6.25. The highest BCUT2D eigenvalue weighted by Crippen LogP contribution is 2.28. The second-order valence-electron chi connectivity index (χ2n) is 4.44. The summed E-state index contributed by atoms with van der Waals surface area (Å²) in [6.07, 6.45) is 0. The Labute approximate surface area is 123 Å². The largest absolute Gasteiger partial charge is 0.503 e. The Kier molecular flexibility index (Phi) is 3.46.